The molecule has 0 atom stereocenters. The monoisotopic (exact) mass is 200 g/mol. The molecule has 0 aromatic carbocycles. The van der Waals surface area contributed by atoms with Gasteiger partial charge in [-0.2, -0.15) is 0 Å². The molecule has 0 radical (unpaired) electrons. The van der Waals surface area contributed by atoms with Crippen LogP contribution in [-0.4, -0.2) is 5.92 Å². The Morgan fingerprint density at radius 2 is 1.71 bits per heavy atom. The maximum absolute atomic E-state index is 12.8. The SMILES string of the molecule is C=C(C)C1CCC2(CC1)CC(F)(F)C2. The average Bonchev–Trinajstić information content (AvgIpc) is 2.01. The summed E-state index contributed by atoms with van der Waals surface area (Å²) in [6.07, 6.45) is 4.41. The van der Waals surface area contributed by atoms with Gasteiger partial charge in [-0.3, -0.25) is 0 Å². The minimum atomic E-state index is -2.35. The summed E-state index contributed by atoms with van der Waals surface area (Å²) in [5.41, 5.74) is 1.24. The second kappa shape index (κ2) is 3.04. The number of alkyl halides is 2. The first-order chi connectivity index (χ1) is 6.43. The summed E-state index contributed by atoms with van der Waals surface area (Å²) in [5.74, 6) is -1.76. The van der Waals surface area contributed by atoms with Gasteiger partial charge in [-0.15, -0.1) is 0 Å². The van der Waals surface area contributed by atoms with Crippen LogP contribution in [0.25, 0.3) is 0 Å². The number of rotatable bonds is 1. The first-order valence-electron chi connectivity index (χ1n) is 5.46. The van der Waals surface area contributed by atoms with Crippen LogP contribution in [0.5, 0.6) is 0 Å². The Bertz CT molecular complexity index is 237. The van der Waals surface area contributed by atoms with Crippen molar-refractivity contribution in [1.82, 2.24) is 0 Å². The Balaban J connectivity index is 1.89. The van der Waals surface area contributed by atoms with Crippen molar-refractivity contribution in [3.8, 4) is 0 Å². The Hall–Kier alpha value is -0.400. The fourth-order valence-corrected chi connectivity index (χ4v) is 3.12. The van der Waals surface area contributed by atoms with Crippen molar-refractivity contribution in [2.24, 2.45) is 11.3 Å². The van der Waals surface area contributed by atoms with E-state index in [4.69, 9.17) is 0 Å². The van der Waals surface area contributed by atoms with Crippen LogP contribution in [0.3, 0.4) is 0 Å². The van der Waals surface area contributed by atoms with Crippen LogP contribution in [-0.2, 0) is 0 Å². The fraction of sp³-hybridized carbons (Fsp3) is 0.833. The van der Waals surface area contributed by atoms with E-state index in [2.05, 4.69) is 13.5 Å². The minimum Gasteiger partial charge on any atom is -0.207 e. The molecule has 0 bridgehead atoms. The fourth-order valence-electron chi connectivity index (χ4n) is 3.12. The molecule has 2 heteroatoms. The van der Waals surface area contributed by atoms with Gasteiger partial charge in [-0.25, -0.2) is 8.78 Å². The van der Waals surface area contributed by atoms with Gasteiger partial charge in [0.15, 0.2) is 0 Å². The van der Waals surface area contributed by atoms with Gasteiger partial charge in [0.1, 0.15) is 0 Å². The molecule has 0 N–H and O–H groups in total. The molecular formula is C12H18F2. The molecule has 0 amide bonds. The van der Waals surface area contributed by atoms with Gasteiger partial charge in [0.25, 0.3) is 0 Å². The van der Waals surface area contributed by atoms with Crippen LogP contribution in [0.15, 0.2) is 12.2 Å². The van der Waals surface area contributed by atoms with E-state index in [-0.39, 0.29) is 18.3 Å². The van der Waals surface area contributed by atoms with E-state index >= 15 is 0 Å². The lowest BCUT2D eigenvalue weighted by Crippen LogP contribution is -2.47. The lowest BCUT2D eigenvalue weighted by molar-refractivity contribution is -0.175. The van der Waals surface area contributed by atoms with E-state index in [0.29, 0.717) is 5.92 Å². The Morgan fingerprint density at radius 3 is 2.07 bits per heavy atom. The van der Waals surface area contributed by atoms with Gasteiger partial charge in [-0.05, 0) is 43.9 Å². The van der Waals surface area contributed by atoms with Crippen molar-refractivity contribution in [2.45, 2.75) is 51.4 Å². The second-order valence-electron chi connectivity index (χ2n) is 5.33. The van der Waals surface area contributed by atoms with Crippen molar-refractivity contribution < 1.29 is 8.78 Å². The van der Waals surface area contributed by atoms with E-state index in [1.54, 1.807) is 0 Å². The zero-order valence-corrected chi connectivity index (χ0v) is 8.78. The van der Waals surface area contributed by atoms with E-state index in [1.165, 1.54) is 5.57 Å². The molecule has 2 aliphatic rings. The summed E-state index contributed by atoms with van der Waals surface area (Å²) in [6.45, 7) is 6.00. The molecular weight excluding hydrogens is 182 g/mol. The first kappa shape index (κ1) is 10.1. The number of halogens is 2. The predicted octanol–water partition coefficient (Wildman–Crippen LogP) is 4.17. The summed E-state index contributed by atoms with van der Waals surface area (Å²) in [5, 5.41) is 0. The number of allylic oxidation sites excluding steroid dienone is 1. The third-order valence-corrected chi connectivity index (χ3v) is 4.01. The maximum Gasteiger partial charge on any atom is 0.249 e. The Morgan fingerprint density at radius 1 is 1.21 bits per heavy atom. The molecule has 2 aliphatic carbocycles. The van der Waals surface area contributed by atoms with E-state index in [9.17, 15) is 8.78 Å². The normalized spacial score (nSPS) is 29.9. The molecule has 0 aliphatic heterocycles. The van der Waals surface area contributed by atoms with Crippen LogP contribution in [0.1, 0.15) is 45.4 Å². The van der Waals surface area contributed by atoms with Gasteiger partial charge in [0.05, 0.1) is 0 Å². The third-order valence-electron chi connectivity index (χ3n) is 4.01. The molecule has 14 heavy (non-hydrogen) atoms. The lowest BCUT2D eigenvalue weighted by Gasteiger charge is -2.51. The molecule has 2 fully saturated rings. The van der Waals surface area contributed by atoms with Gasteiger partial charge in [-0.1, -0.05) is 12.2 Å². The topological polar surface area (TPSA) is 0 Å². The van der Waals surface area contributed by atoms with Crippen LogP contribution in [0, 0.1) is 11.3 Å². The molecule has 0 heterocycles. The van der Waals surface area contributed by atoms with E-state index in [0.717, 1.165) is 25.7 Å². The highest BCUT2D eigenvalue weighted by molar-refractivity contribution is 5.06. The summed E-state index contributed by atoms with van der Waals surface area (Å²) < 4.78 is 25.6. The van der Waals surface area contributed by atoms with Crippen molar-refractivity contribution in [3.63, 3.8) is 0 Å². The third kappa shape index (κ3) is 1.71. The van der Waals surface area contributed by atoms with Gasteiger partial charge >= 0.3 is 0 Å². The van der Waals surface area contributed by atoms with Gasteiger partial charge in [0, 0.05) is 12.8 Å². The minimum absolute atomic E-state index is 0.00937. The van der Waals surface area contributed by atoms with Crippen molar-refractivity contribution in [3.05, 3.63) is 12.2 Å². The highest BCUT2D eigenvalue weighted by atomic mass is 19.3. The van der Waals surface area contributed by atoms with Crippen LogP contribution >= 0.6 is 0 Å². The Kier molecular flexibility index (Phi) is 2.20. The summed E-state index contributed by atoms with van der Waals surface area (Å²) in [4.78, 5) is 0. The summed E-state index contributed by atoms with van der Waals surface area (Å²) in [6, 6.07) is 0. The van der Waals surface area contributed by atoms with Crippen LogP contribution < -0.4 is 0 Å². The zero-order chi connectivity index (χ0) is 10.4. The molecule has 0 aromatic heterocycles. The standard InChI is InChI=1S/C12H18F2/c1-9(2)10-3-5-11(6-4-10)7-12(13,14)8-11/h10H,1,3-8H2,2H3. The molecule has 0 aromatic rings. The largest absolute Gasteiger partial charge is 0.249 e. The molecule has 1 spiro atoms. The van der Waals surface area contributed by atoms with E-state index < -0.39 is 5.92 Å². The first-order valence-corrected chi connectivity index (χ1v) is 5.46. The summed E-state index contributed by atoms with van der Waals surface area (Å²) in [7, 11) is 0. The van der Waals surface area contributed by atoms with Gasteiger partial charge < -0.3 is 0 Å². The van der Waals surface area contributed by atoms with Crippen LogP contribution in [0.4, 0.5) is 8.78 Å². The molecule has 0 saturated heterocycles. The lowest BCUT2D eigenvalue weighted by atomic mass is 9.57. The maximum atomic E-state index is 12.8. The molecule has 0 unspecified atom stereocenters. The predicted molar refractivity (Wildman–Crippen MR) is 53.4 cm³/mol. The average molecular weight is 200 g/mol. The molecule has 2 rings (SSSR count). The molecule has 2 saturated carbocycles. The van der Waals surface area contributed by atoms with Crippen molar-refractivity contribution >= 4 is 0 Å². The van der Waals surface area contributed by atoms with Gasteiger partial charge in [0.2, 0.25) is 5.92 Å². The number of hydrogen-bond acceptors (Lipinski definition) is 0. The van der Waals surface area contributed by atoms with Crippen molar-refractivity contribution in [1.29, 1.82) is 0 Å². The molecule has 0 nitrogen and oxygen atoms in total. The van der Waals surface area contributed by atoms with Crippen LogP contribution in [0.2, 0.25) is 0 Å². The number of hydrogen-bond donors (Lipinski definition) is 0. The quantitative estimate of drug-likeness (QED) is 0.557. The summed E-state index contributed by atoms with van der Waals surface area (Å²) >= 11 is 0. The Labute approximate surface area is 84.4 Å². The highest BCUT2D eigenvalue weighted by Crippen LogP contribution is 2.60. The highest BCUT2D eigenvalue weighted by Gasteiger charge is 2.56. The zero-order valence-electron chi connectivity index (χ0n) is 8.78. The van der Waals surface area contributed by atoms with Crippen molar-refractivity contribution in [2.75, 3.05) is 0 Å². The van der Waals surface area contributed by atoms with E-state index in [1.807, 2.05) is 0 Å². The smallest absolute Gasteiger partial charge is 0.207 e. The second-order valence-corrected chi connectivity index (χ2v) is 5.33. The molecule has 80 valence electrons.